The van der Waals surface area contributed by atoms with E-state index in [9.17, 15) is 0 Å². The SMILES string of the molecule is Cn1cnnc1SCCCN. The second-order valence-electron chi connectivity index (χ2n) is 2.22. The van der Waals surface area contributed by atoms with E-state index >= 15 is 0 Å². The molecule has 0 aliphatic rings. The molecule has 1 rings (SSSR count). The van der Waals surface area contributed by atoms with Crippen molar-refractivity contribution in [3.63, 3.8) is 0 Å². The van der Waals surface area contributed by atoms with Gasteiger partial charge in [-0.15, -0.1) is 10.2 Å². The highest BCUT2D eigenvalue weighted by molar-refractivity contribution is 7.99. The summed E-state index contributed by atoms with van der Waals surface area (Å²) < 4.78 is 1.90. The minimum atomic E-state index is 0.741. The first-order valence-corrected chi connectivity index (χ1v) is 4.50. The zero-order valence-corrected chi connectivity index (χ0v) is 7.34. The van der Waals surface area contributed by atoms with Crippen molar-refractivity contribution < 1.29 is 0 Å². The summed E-state index contributed by atoms with van der Waals surface area (Å²) in [7, 11) is 1.94. The molecule has 0 saturated heterocycles. The van der Waals surface area contributed by atoms with Gasteiger partial charge in [0.2, 0.25) is 0 Å². The predicted octanol–water partition coefficient (Wildman–Crippen LogP) is 0.256. The van der Waals surface area contributed by atoms with Crippen LogP contribution in [0.1, 0.15) is 6.42 Å². The summed E-state index contributed by atoms with van der Waals surface area (Å²) in [5.41, 5.74) is 5.35. The van der Waals surface area contributed by atoms with Crippen LogP contribution in [-0.4, -0.2) is 27.1 Å². The quantitative estimate of drug-likeness (QED) is 0.522. The number of rotatable bonds is 4. The van der Waals surface area contributed by atoms with E-state index in [0.717, 1.165) is 23.9 Å². The van der Waals surface area contributed by atoms with Crippen LogP contribution in [0, 0.1) is 0 Å². The normalized spacial score (nSPS) is 10.4. The van der Waals surface area contributed by atoms with Gasteiger partial charge in [0.05, 0.1) is 0 Å². The highest BCUT2D eigenvalue weighted by atomic mass is 32.2. The molecule has 11 heavy (non-hydrogen) atoms. The molecule has 1 aromatic heterocycles. The Hall–Kier alpha value is -0.550. The van der Waals surface area contributed by atoms with Crippen LogP contribution >= 0.6 is 11.8 Å². The van der Waals surface area contributed by atoms with Gasteiger partial charge < -0.3 is 10.3 Å². The van der Waals surface area contributed by atoms with Crippen LogP contribution in [0.25, 0.3) is 0 Å². The first-order valence-electron chi connectivity index (χ1n) is 3.51. The summed E-state index contributed by atoms with van der Waals surface area (Å²) in [4.78, 5) is 0. The molecule has 0 spiro atoms. The summed E-state index contributed by atoms with van der Waals surface area (Å²) in [6.45, 7) is 0.741. The number of aryl methyl sites for hydroxylation is 1. The van der Waals surface area contributed by atoms with Gasteiger partial charge >= 0.3 is 0 Å². The van der Waals surface area contributed by atoms with Crippen molar-refractivity contribution in [1.82, 2.24) is 14.8 Å². The number of nitrogens with two attached hydrogens (primary N) is 1. The van der Waals surface area contributed by atoms with E-state index in [1.807, 2.05) is 11.6 Å². The molecule has 0 saturated carbocycles. The smallest absolute Gasteiger partial charge is 0.190 e. The van der Waals surface area contributed by atoms with Crippen molar-refractivity contribution in [2.24, 2.45) is 12.8 Å². The molecule has 0 aromatic carbocycles. The van der Waals surface area contributed by atoms with Gasteiger partial charge in [-0.3, -0.25) is 0 Å². The Morgan fingerprint density at radius 2 is 2.55 bits per heavy atom. The minimum Gasteiger partial charge on any atom is -0.330 e. The lowest BCUT2D eigenvalue weighted by molar-refractivity contribution is 0.786. The lowest BCUT2D eigenvalue weighted by atomic mass is 10.5. The number of thioether (sulfide) groups is 1. The van der Waals surface area contributed by atoms with E-state index in [4.69, 9.17) is 5.73 Å². The van der Waals surface area contributed by atoms with E-state index in [0.29, 0.717) is 0 Å². The maximum Gasteiger partial charge on any atom is 0.190 e. The molecule has 0 aliphatic carbocycles. The molecular formula is C6H12N4S. The molecule has 0 unspecified atom stereocenters. The molecule has 0 amide bonds. The molecule has 1 heterocycles. The number of hydrogen-bond acceptors (Lipinski definition) is 4. The zero-order valence-electron chi connectivity index (χ0n) is 6.53. The average molecular weight is 172 g/mol. The van der Waals surface area contributed by atoms with Crippen molar-refractivity contribution in [2.75, 3.05) is 12.3 Å². The monoisotopic (exact) mass is 172 g/mol. The van der Waals surface area contributed by atoms with Gasteiger partial charge in [-0.1, -0.05) is 11.8 Å². The third-order valence-corrected chi connectivity index (χ3v) is 2.37. The highest BCUT2D eigenvalue weighted by Crippen LogP contribution is 2.13. The number of aromatic nitrogens is 3. The molecule has 0 atom stereocenters. The van der Waals surface area contributed by atoms with Crippen LogP contribution in [0.2, 0.25) is 0 Å². The maximum atomic E-state index is 5.35. The van der Waals surface area contributed by atoms with Gasteiger partial charge in [-0.05, 0) is 13.0 Å². The third-order valence-electron chi connectivity index (χ3n) is 1.25. The van der Waals surface area contributed by atoms with E-state index in [2.05, 4.69) is 10.2 Å². The van der Waals surface area contributed by atoms with Gasteiger partial charge in [0.25, 0.3) is 0 Å². The Labute approximate surface area is 70.2 Å². The van der Waals surface area contributed by atoms with Crippen LogP contribution in [0.3, 0.4) is 0 Å². The Balaban J connectivity index is 2.32. The van der Waals surface area contributed by atoms with E-state index in [-0.39, 0.29) is 0 Å². The lowest BCUT2D eigenvalue weighted by Crippen LogP contribution is -2.00. The van der Waals surface area contributed by atoms with E-state index in [1.165, 1.54) is 0 Å². The Bertz CT molecular complexity index is 210. The van der Waals surface area contributed by atoms with Gasteiger partial charge in [0, 0.05) is 12.8 Å². The third kappa shape index (κ3) is 2.51. The van der Waals surface area contributed by atoms with Crippen LogP contribution < -0.4 is 5.73 Å². The summed E-state index contributed by atoms with van der Waals surface area (Å²) >= 11 is 1.69. The van der Waals surface area contributed by atoms with E-state index < -0.39 is 0 Å². The average Bonchev–Trinajstić information content (AvgIpc) is 2.37. The fourth-order valence-corrected chi connectivity index (χ4v) is 1.50. The van der Waals surface area contributed by atoms with Crippen molar-refractivity contribution in [3.8, 4) is 0 Å². The summed E-state index contributed by atoms with van der Waals surface area (Å²) in [6, 6.07) is 0. The molecular weight excluding hydrogens is 160 g/mol. The lowest BCUT2D eigenvalue weighted by Gasteiger charge is -1.97. The largest absolute Gasteiger partial charge is 0.330 e. The van der Waals surface area contributed by atoms with E-state index in [1.54, 1.807) is 18.1 Å². The highest BCUT2D eigenvalue weighted by Gasteiger charge is 1.98. The van der Waals surface area contributed by atoms with Crippen molar-refractivity contribution in [3.05, 3.63) is 6.33 Å². The zero-order chi connectivity index (χ0) is 8.10. The molecule has 0 bridgehead atoms. The van der Waals surface area contributed by atoms with Crippen molar-refractivity contribution in [2.45, 2.75) is 11.6 Å². The number of nitrogens with zero attached hydrogens (tertiary/aromatic N) is 3. The van der Waals surface area contributed by atoms with Crippen LogP contribution in [-0.2, 0) is 7.05 Å². The molecule has 4 nitrogen and oxygen atoms in total. The van der Waals surface area contributed by atoms with Crippen LogP contribution in [0.15, 0.2) is 11.5 Å². The van der Waals surface area contributed by atoms with Gasteiger partial charge in [-0.2, -0.15) is 0 Å². The number of hydrogen-bond donors (Lipinski definition) is 1. The van der Waals surface area contributed by atoms with Crippen LogP contribution in [0.5, 0.6) is 0 Å². The molecule has 5 heteroatoms. The molecule has 2 N–H and O–H groups in total. The summed E-state index contributed by atoms with van der Waals surface area (Å²) in [5.74, 6) is 1.02. The molecule has 0 fully saturated rings. The van der Waals surface area contributed by atoms with Gasteiger partial charge in [-0.25, -0.2) is 0 Å². The van der Waals surface area contributed by atoms with Gasteiger partial charge in [0.1, 0.15) is 6.33 Å². The molecule has 62 valence electrons. The predicted molar refractivity (Wildman–Crippen MR) is 45.4 cm³/mol. The second kappa shape index (κ2) is 4.35. The molecule has 1 aromatic rings. The molecule has 0 radical (unpaired) electrons. The Kier molecular flexibility index (Phi) is 3.38. The van der Waals surface area contributed by atoms with Gasteiger partial charge in [0.15, 0.2) is 5.16 Å². The topological polar surface area (TPSA) is 56.7 Å². The fraction of sp³-hybridized carbons (Fsp3) is 0.667. The second-order valence-corrected chi connectivity index (χ2v) is 3.28. The fourth-order valence-electron chi connectivity index (χ4n) is 0.650. The maximum absolute atomic E-state index is 5.35. The Morgan fingerprint density at radius 1 is 1.73 bits per heavy atom. The van der Waals surface area contributed by atoms with Crippen LogP contribution in [0.4, 0.5) is 0 Å². The minimum absolute atomic E-state index is 0.741. The Morgan fingerprint density at radius 3 is 3.09 bits per heavy atom. The standard InChI is InChI=1S/C6H12N4S/c1-10-5-8-9-6(10)11-4-2-3-7/h5H,2-4,7H2,1H3. The first-order chi connectivity index (χ1) is 5.34. The summed E-state index contributed by atoms with van der Waals surface area (Å²) in [5, 5.41) is 8.64. The molecule has 0 aliphatic heterocycles. The summed E-state index contributed by atoms with van der Waals surface area (Å²) in [6.07, 6.45) is 2.72. The van der Waals surface area contributed by atoms with Crippen molar-refractivity contribution in [1.29, 1.82) is 0 Å². The van der Waals surface area contributed by atoms with Crippen molar-refractivity contribution >= 4 is 11.8 Å². The first kappa shape index (κ1) is 8.55.